The van der Waals surface area contributed by atoms with E-state index in [0.29, 0.717) is 17.9 Å². The van der Waals surface area contributed by atoms with Gasteiger partial charge in [-0.25, -0.2) is 9.97 Å². The van der Waals surface area contributed by atoms with Gasteiger partial charge >= 0.3 is 0 Å². The van der Waals surface area contributed by atoms with Crippen LogP contribution in [-0.4, -0.2) is 88.4 Å². The molecule has 4 atom stereocenters. The fourth-order valence-corrected chi connectivity index (χ4v) is 4.52. The van der Waals surface area contributed by atoms with Gasteiger partial charge in [-0.15, -0.1) is 0 Å². The zero-order valence-electron chi connectivity index (χ0n) is 21.3. The van der Waals surface area contributed by atoms with Gasteiger partial charge in [0.1, 0.15) is 35.8 Å². The number of para-hydroxylation sites is 1. The van der Waals surface area contributed by atoms with E-state index < -0.39 is 31.0 Å². The maximum Gasteiger partial charge on any atom is 0.219 e. The Morgan fingerprint density at radius 3 is 2.26 bits per heavy atom. The van der Waals surface area contributed by atoms with Gasteiger partial charge in [0.05, 0.1) is 17.6 Å². The van der Waals surface area contributed by atoms with Gasteiger partial charge in [-0.05, 0) is 24.1 Å². The van der Waals surface area contributed by atoms with Gasteiger partial charge in [0, 0.05) is 31.9 Å². The number of hydrogen-bond donors (Lipinski definition) is 6. The number of anilines is 1. The number of nitrogen functional groups attached to an aromatic ring is 1. The molecule has 11 nitrogen and oxygen atoms in total. The van der Waals surface area contributed by atoms with E-state index in [1.165, 1.54) is 11.8 Å². The lowest BCUT2D eigenvalue weighted by Gasteiger charge is -2.30. The molecule has 0 bridgehead atoms. The molecule has 7 N–H and O–H groups in total. The molecule has 0 saturated heterocycles. The van der Waals surface area contributed by atoms with Crippen molar-refractivity contribution in [2.24, 2.45) is 0 Å². The van der Waals surface area contributed by atoms with E-state index in [1.807, 2.05) is 55.5 Å². The Kier molecular flexibility index (Phi) is 8.24. The molecule has 0 aliphatic heterocycles. The van der Waals surface area contributed by atoms with Crippen molar-refractivity contribution in [2.75, 3.05) is 18.9 Å². The number of nitrogens with zero attached hydrogens (tertiary/aromatic N) is 4. The number of aliphatic hydroxyl groups excluding tert-OH is 5. The van der Waals surface area contributed by atoms with E-state index in [0.717, 1.165) is 33.4 Å². The third-order valence-electron chi connectivity index (χ3n) is 6.72. The molecule has 2 aromatic carbocycles. The van der Waals surface area contributed by atoms with Crippen LogP contribution in [0, 0.1) is 6.92 Å². The molecule has 0 saturated carbocycles. The maximum absolute atomic E-state index is 12.2. The Bertz CT molecular complexity index is 1420. The Hall–Kier alpha value is -3.61. The quantitative estimate of drug-likeness (QED) is 0.171. The number of aliphatic hydroxyl groups is 5. The Morgan fingerprint density at radius 2 is 1.61 bits per heavy atom. The van der Waals surface area contributed by atoms with Crippen molar-refractivity contribution in [1.82, 2.24) is 19.4 Å². The minimum Gasteiger partial charge on any atom is -0.394 e. The lowest BCUT2D eigenvalue weighted by molar-refractivity contribution is -0.138. The van der Waals surface area contributed by atoms with Crippen LogP contribution in [0.1, 0.15) is 23.9 Å². The van der Waals surface area contributed by atoms with Crippen molar-refractivity contribution in [3.8, 4) is 0 Å². The van der Waals surface area contributed by atoms with Crippen molar-refractivity contribution in [1.29, 1.82) is 0 Å². The summed E-state index contributed by atoms with van der Waals surface area (Å²) in [6, 6.07) is 15.4. The molecule has 2 heterocycles. The van der Waals surface area contributed by atoms with Crippen LogP contribution in [-0.2, 0) is 17.9 Å². The zero-order chi connectivity index (χ0) is 27.6. The lowest BCUT2D eigenvalue weighted by atomic mass is 10.0. The van der Waals surface area contributed by atoms with Crippen molar-refractivity contribution >= 4 is 33.7 Å². The maximum atomic E-state index is 12.2. The number of rotatable bonds is 10. The van der Waals surface area contributed by atoms with Gasteiger partial charge in [-0.3, -0.25) is 4.79 Å². The molecule has 4 rings (SSSR count). The van der Waals surface area contributed by atoms with Gasteiger partial charge in [0.15, 0.2) is 5.82 Å². The number of carbonyl (C=O) groups excluding carboxylic acids is 1. The Morgan fingerprint density at radius 1 is 0.974 bits per heavy atom. The summed E-state index contributed by atoms with van der Waals surface area (Å²) >= 11 is 0. The number of benzene rings is 2. The summed E-state index contributed by atoms with van der Waals surface area (Å²) in [6.07, 6.45) is -6.63. The van der Waals surface area contributed by atoms with E-state index >= 15 is 0 Å². The topological polar surface area (TPSA) is 178 Å². The normalized spacial score (nSPS) is 14.9. The first-order chi connectivity index (χ1) is 18.1. The number of carbonyl (C=O) groups is 1. The van der Waals surface area contributed by atoms with Crippen molar-refractivity contribution in [3.63, 3.8) is 0 Å². The third-order valence-corrected chi connectivity index (χ3v) is 6.72. The first-order valence-electron chi connectivity index (χ1n) is 12.3. The summed E-state index contributed by atoms with van der Waals surface area (Å²) in [6.45, 7) is 2.92. The monoisotopic (exact) mass is 523 g/mol. The molecule has 0 spiro atoms. The molecule has 0 radical (unpaired) electrons. The molecular weight excluding hydrogens is 490 g/mol. The summed E-state index contributed by atoms with van der Waals surface area (Å²) in [5.74, 6) is 0.847. The summed E-state index contributed by atoms with van der Waals surface area (Å²) in [4.78, 5) is 22.6. The van der Waals surface area contributed by atoms with Crippen LogP contribution in [0.5, 0.6) is 0 Å². The number of pyridine rings is 1. The summed E-state index contributed by atoms with van der Waals surface area (Å²) in [5, 5.41) is 49.7. The van der Waals surface area contributed by atoms with E-state index in [1.54, 1.807) is 0 Å². The second-order valence-electron chi connectivity index (χ2n) is 9.47. The fourth-order valence-electron chi connectivity index (χ4n) is 4.52. The lowest BCUT2D eigenvalue weighted by Crippen LogP contribution is -2.50. The van der Waals surface area contributed by atoms with Crippen LogP contribution in [0.15, 0.2) is 48.5 Å². The van der Waals surface area contributed by atoms with Crippen molar-refractivity contribution in [3.05, 3.63) is 65.5 Å². The van der Waals surface area contributed by atoms with E-state index in [-0.39, 0.29) is 19.0 Å². The molecule has 4 aromatic rings. The average Bonchev–Trinajstić information content (AvgIpc) is 3.24. The molecular formula is C27H33N5O6. The molecule has 2 unspecified atom stereocenters. The van der Waals surface area contributed by atoms with Crippen LogP contribution in [0.2, 0.25) is 0 Å². The fraction of sp³-hybridized carbons (Fsp3) is 0.370. The minimum absolute atomic E-state index is 0.165. The zero-order valence-corrected chi connectivity index (χ0v) is 21.3. The van der Waals surface area contributed by atoms with Gasteiger partial charge in [0.25, 0.3) is 0 Å². The summed E-state index contributed by atoms with van der Waals surface area (Å²) in [7, 11) is 0. The van der Waals surface area contributed by atoms with Crippen molar-refractivity contribution < 1.29 is 30.3 Å². The van der Waals surface area contributed by atoms with Crippen LogP contribution in [0.25, 0.3) is 21.9 Å². The standard InChI is InChI=1S/C27H33N5O6/c1-15-29-23-24(19-5-3-4-6-20(19)30-27(23)28)32(15)12-18-9-7-17(8-10-18)11-31(16(2)34)13-21(35)25(37)26(38)22(36)14-33/h3-10,21-22,25-26,33,35-38H,11-14H2,1-2H3,(H2,28,30)/t21?,22?,25-,26+/m0/s1. The number of fused-ring (bicyclic) bond motifs is 3. The smallest absolute Gasteiger partial charge is 0.219 e. The minimum atomic E-state index is -1.76. The molecule has 0 fully saturated rings. The molecule has 2 aromatic heterocycles. The Balaban J connectivity index is 1.51. The number of aromatic nitrogens is 3. The van der Waals surface area contributed by atoms with Crippen molar-refractivity contribution in [2.45, 2.75) is 51.4 Å². The van der Waals surface area contributed by atoms with E-state index in [2.05, 4.69) is 14.5 Å². The van der Waals surface area contributed by atoms with E-state index in [4.69, 9.17) is 10.8 Å². The third kappa shape index (κ3) is 5.62. The average molecular weight is 524 g/mol. The van der Waals surface area contributed by atoms with Gasteiger partial charge in [-0.1, -0.05) is 42.5 Å². The van der Waals surface area contributed by atoms with Gasteiger partial charge in [0.2, 0.25) is 5.91 Å². The first-order valence-corrected chi connectivity index (χ1v) is 12.3. The summed E-state index contributed by atoms with van der Waals surface area (Å²) < 4.78 is 2.09. The van der Waals surface area contributed by atoms with E-state index in [9.17, 15) is 25.2 Å². The van der Waals surface area contributed by atoms with Crippen LogP contribution in [0.4, 0.5) is 5.82 Å². The van der Waals surface area contributed by atoms with Crippen LogP contribution >= 0.6 is 0 Å². The number of amides is 1. The highest BCUT2D eigenvalue weighted by Gasteiger charge is 2.31. The predicted octanol–water partition coefficient (Wildman–Crippen LogP) is 0.308. The molecule has 1 amide bonds. The molecule has 38 heavy (non-hydrogen) atoms. The van der Waals surface area contributed by atoms with Crippen LogP contribution in [0.3, 0.4) is 0 Å². The molecule has 0 aliphatic rings. The highest BCUT2D eigenvalue weighted by Crippen LogP contribution is 2.29. The SMILES string of the molecule is CC(=O)N(Cc1ccc(Cn2c(C)nc3c(N)nc4ccccc4c32)cc1)CC(O)[C@H](O)[C@H](O)C(O)CO. The number of hydrogen-bond acceptors (Lipinski definition) is 9. The number of nitrogens with two attached hydrogens (primary N) is 1. The predicted molar refractivity (Wildman–Crippen MR) is 142 cm³/mol. The largest absolute Gasteiger partial charge is 0.394 e. The number of aryl methyl sites for hydroxylation is 1. The molecule has 11 heteroatoms. The first kappa shape index (κ1) is 27.4. The highest BCUT2D eigenvalue weighted by atomic mass is 16.4. The molecule has 202 valence electrons. The van der Waals surface area contributed by atoms with Crippen LogP contribution < -0.4 is 5.73 Å². The Labute approximate surface area is 219 Å². The van der Waals surface area contributed by atoms with Gasteiger partial charge in [-0.2, -0.15) is 0 Å². The van der Waals surface area contributed by atoms with Gasteiger partial charge < -0.3 is 40.7 Å². The second kappa shape index (κ2) is 11.4. The molecule has 0 aliphatic carbocycles. The highest BCUT2D eigenvalue weighted by molar-refractivity contribution is 6.06. The second-order valence-corrected chi connectivity index (χ2v) is 9.47. The number of imidazole rings is 1. The summed E-state index contributed by atoms with van der Waals surface area (Å²) in [5.41, 5.74) is 10.4.